The highest BCUT2D eigenvalue weighted by atomic mass is 32.2. The molecule has 0 saturated heterocycles. The zero-order chi connectivity index (χ0) is 14.0. The van der Waals surface area contributed by atoms with Crippen molar-refractivity contribution in [2.24, 2.45) is 5.92 Å². The molecule has 1 N–H and O–H groups in total. The smallest absolute Gasteiger partial charge is 0.349 e. The highest BCUT2D eigenvalue weighted by Crippen LogP contribution is 2.29. The molecule has 1 aromatic rings. The fourth-order valence-electron chi connectivity index (χ4n) is 2.00. The molecule has 1 heterocycles. The number of rotatable bonds is 5. The van der Waals surface area contributed by atoms with E-state index in [1.165, 1.54) is 7.11 Å². The first-order valence-electron chi connectivity index (χ1n) is 6.11. The number of sulfonamides is 1. The average Bonchev–Trinajstić information content (AvgIpc) is 2.68. The van der Waals surface area contributed by atoms with E-state index >= 15 is 0 Å². The summed E-state index contributed by atoms with van der Waals surface area (Å²) in [6.45, 7) is 2.12. The highest BCUT2D eigenvalue weighted by molar-refractivity contribution is 7.89. The Balaban J connectivity index is 2.23. The third-order valence-electron chi connectivity index (χ3n) is 3.34. The second kappa shape index (κ2) is 5.60. The van der Waals surface area contributed by atoms with E-state index in [0.29, 0.717) is 18.0 Å². The number of nitrogens with one attached hydrogen (secondary N) is 1. The van der Waals surface area contributed by atoms with Crippen molar-refractivity contribution in [3.8, 4) is 0 Å². The van der Waals surface area contributed by atoms with Crippen LogP contribution in [0.2, 0.25) is 0 Å². The summed E-state index contributed by atoms with van der Waals surface area (Å²) in [5.74, 6) is -0.183. The summed E-state index contributed by atoms with van der Waals surface area (Å²) in [4.78, 5) is 11.8. The second-order valence-corrected chi connectivity index (χ2v) is 7.30. The van der Waals surface area contributed by atoms with E-state index in [2.05, 4.69) is 9.46 Å². The topological polar surface area (TPSA) is 72.5 Å². The lowest BCUT2D eigenvalue weighted by molar-refractivity contribution is 0.0602. The lowest BCUT2D eigenvalue weighted by atomic mass is 9.86. The van der Waals surface area contributed by atoms with Gasteiger partial charge in [0.1, 0.15) is 9.77 Å². The monoisotopic (exact) mass is 303 g/mol. The van der Waals surface area contributed by atoms with Crippen LogP contribution in [-0.2, 0) is 14.8 Å². The second-order valence-electron chi connectivity index (χ2n) is 4.72. The zero-order valence-corrected chi connectivity index (χ0v) is 12.6. The van der Waals surface area contributed by atoms with Gasteiger partial charge in [-0.1, -0.05) is 6.42 Å². The molecule has 5 nitrogen and oxygen atoms in total. The largest absolute Gasteiger partial charge is 0.465 e. The molecule has 1 aromatic heterocycles. The molecule has 0 unspecified atom stereocenters. The predicted octanol–water partition coefficient (Wildman–Crippen LogP) is 1.92. The van der Waals surface area contributed by atoms with E-state index in [0.717, 1.165) is 30.6 Å². The van der Waals surface area contributed by atoms with Gasteiger partial charge in [-0.05, 0) is 36.6 Å². The summed E-state index contributed by atoms with van der Waals surface area (Å²) in [5, 5.41) is 1.66. The number of methoxy groups -OCH3 is 1. The minimum atomic E-state index is -3.65. The number of carbonyl (C=O) groups excluding carboxylic acids is 1. The van der Waals surface area contributed by atoms with Gasteiger partial charge in [0, 0.05) is 6.54 Å². The molecule has 1 aliphatic carbocycles. The maximum absolute atomic E-state index is 12.3. The van der Waals surface area contributed by atoms with Crippen LogP contribution in [0.4, 0.5) is 0 Å². The van der Waals surface area contributed by atoms with Gasteiger partial charge in [0.05, 0.1) is 7.11 Å². The molecular weight excluding hydrogens is 286 g/mol. The number of carbonyl (C=O) groups is 1. The molecular formula is C12H17NO4S2. The summed E-state index contributed by atoms with van der Waals surface area (Å²) in [7, 11) is -2.40. The molecule has 2 rings (SSSR count). The third-order valence-corrected chi connectivity index (χ3v) is 6.16. The molecule has 0 aliphatic heterocycles. The molecule has 1 aliphatic rings. The number of thiophene rings is 1. The Morgan fingerprint density at radius 2 is 2.21 bits per heavy atom. The molecule has 106 valence electrons. The van der Waals surface area contributed by atoms with Crippen molar-refractivity contribution < 1.29 is 17.9 Å². The van der Waals surface area contributed by atoms with Crippen molar-refractivity contribution in [3.63, 3.8) is 0 Å². The summed E-state index contributed by atoms with van der Waals surface area (Å²) >= 11 is 1.10. The summed E-state index contributed by atoms with van der Waals surface area (Å²) in [6, 6.07) is 0. The van der Waals surface area contributed by atoms with E-state index < -0.39 is 16.0 Å². The third kappa shape index (κ3) is 2.98. The van der Waals surface area contributed by atoms with Gasteiger partial charge >= 0.3 is 5.97 Å². The van der Waals surface area contributed by atoms with Crippen molar-refractivity contribution in [1.82, 2.24) is 4.72 Å². The molecule has 0 amide bonds. The Bertz CT molecular complexity index is 573. The van der Waals surface area contributed by atoms with Crippen molar-refractivity contribution >= 4 is 27.3 Å². The van der Waals surface area contributed by atoms with Crippen molar-refractivity contribution in [3.05, 3.63) is 15.8 Å². The lowest BCUT2D eigenvalue weighted by Crippen LogP contribution is -2.33. The van der Waals surface area contributed by atoms with E-state index in [1.54, 1.807) is 12.3 Å². The number of aryl methyl sites for hydroxylation is 1. The fraction of sp³-hybridized carbons (Fsp3) is 0.583. The lowest BCUT2D eigenvalue weighted by Gasteiger charge is -2.25. The number of ether oxygens (including phenoxy) is 1. The first kappa shape index (κ1) is 14.5. The van der Waals surface area contributed by atoms with Crippen LogP contribution in [0.15, 0.2) is 10.3 Å². The Morgan fingerprint density at radius 1 is 1.53 bits per heavy atom. The molecule has 0 spiro atoms. The number of hydrogen-bond acceptors (Lipinski definition) is 5. The summed E-state index contributed by atoms with van der Waals surface area (Å²) < 4.78 is 31.8. The van der Waals surface area contributed by atoms with Crippen LogP contribution in [0.5, 0.6) is 0 Å². The molecule has 0 bridgehead atoms. The van der Waals surface area contributed by atoms with Gasteiger partial charge < -0.3 is 4.74 Å². The van der Waals surface area contributed by atoms with Crippen LogP contribution in [-0.4, -0.2) is 28.0 Å². The molecule has 0 radical (unpaired) electrons. The van der Waals surface area contributed by atoms with E-state index in [1.807, 2.05) is 0 Å². The Morgan fingerprint density at radius 3 is 2.74 bits per heavy atom. The maximum atomic E-state index is 12.3. The van der Waals surface area contributed by atoms with Gasteiger partial charge in [-0.3, -0.25) is 0 Å². The van der Waals surface area contributed by atoms with Crippen LogP contribution < -0.4 is 4.72 Å². The van der Waals surface area contributed by atoms with Gasteiger partial charge in [-0.15, -0.1) is 11.3 Å². The molecule has 19 heavy (non-hydrogen) atoms. The van der Waals surface area contributed by atoms with Crippen LogP contribution in [0.3, 0.4) is 0 Å². The SMILES string of the molecule is COC(=O)c1scc(C)c1S(=O)(=O)NCC1CCC1. The van der Waals surface area contributed by atoms with E-state index in [9.17, 15) is 13.2 Å². The quantitative estimate of drug-likeness (QED) is 0.844. The summed E-state index contributed by atoms with van der Waals surface area (Å²) in [6.07, 6.45) is 3.29. The van der Waals surface area contributed by atoms with Gasteiger partial charge in [-0.25, -0.2) is 17.9 Å². The van der Waals surface area contributed by atoms with E-state index in [-0.39, 0.29) is 9.77 Å². The Hall–Kier alpha value is -0.920. The van der Waals surface area contributed by atoms with Gasteiger partial charge in [0.15, 0.2) is 0 Å². The van der Waals surface area contributed by atoms with Crippen molar-refractivity contribution in [2.75, 3.05) is 13.7 Å². The molecule has 0 atom stereocenters. The minimum absolute atomic E-state index is 0.0590. The maximum Gasteiger partial charge on any atom is 0.349 e. The number of esters is 1. The van der Waals surface area contributed by atoms with Gasteiger partial charge in [0.2, 0.25) is 10.0 Å². The first-order chi connectivity index (χ1) is 8.95. The van der Waals surface area contributed by atoms with E-state index in [4.69, 9.17) is 0 Å². The van der Waals surface area contributed by atoms with Crippen LogP contribution >= 0.6 is 11.3 Å². The van der Waals surface area contributed by atoms with Crippen molar-refractivity contribution in [2.45, 2.75) is 31.1 Å². The van der Waals surface area contributed by atoms with Gasteiger partial charge in [0.25, 0.3) is 0 Å². The van der Waals surface area contributed by atoms with Crippen LogP contribution in [0.25, 0.3) is 0 Å². The highest BCUT2D eigenvalue weighted by Gasteiger charge is 2.28. The standard InChI is InChI=1S/C12H17NO4S2/c1-8-7-18-10(12(14)17-2)11(8)19(15,16)13-6-9-4-3-5-9/h7,9,13H,3-6H2,1-2H3. The molecule has 1 fully saturated rings. The van der Waals surface area contributed by atoms with Gasteiger partial charge in [-0.2, -0.15) is 0 Å². The predicted molar refractivity (Wildman–Crippen MR) is 72.9 cm³/mol. The van der Waals surface area contributed by atoms with Crippen molar-refractivity contribution in [1.29, 1.82) is 0 Å². The normalized spacial score (nSPS) is 16.1. The van der Waals surface area contributed by atoms with Crippen LogP contribution in [0, 0.1) is 12.8 Å². The average molecular weight is 303 g/mol. The molecule has 1 saturated carbocycles. The first-order valence-corrected chi connectivity index (χ1v) is 8.48. The Labute approximate surface area is 117 Å². The van der Waals surface area contributed by atoms with Crippen LogP contribution in [0.1, 0.15) is 34.5 Å². The molecule has 7 heteroatoms. The minimum Gasteiger partial charge on any atom is -0.465 e. The fourth-order valence-corrected chi connectivity index (χ4v) is 4.82. The number of hydrogen-bond donors (Lipinski definition) is 1. The zero-order valence-electron chi connectivity index (χ0n) is 10.9. The summed E-state index contributed by atoms with van der Waals surface area (Å²) in [5.41, 5.74) is 0.575. The Kier molecular flexibility index (Phi) is 4.27. The molecule has 0 aromatic carbocycles.